The zero-order chi connectivity index (χ0) is 13.9. The van der Waals surface area contributed by atoms with Crippen LogP contribution < -0.4 is 0 Å². The first-order valence-corrected chi connectivity index (χ1v) is 7.64. The first-order valence-electron chi connectivity index (χ1n) is 7.64. The van der Waals surface area contributed by atoms with Crippen molar-refractivity contribution in [1.82, 2.24) is 0 Å². The Labute approximate surface area is 116 Å². The van der Waals surface area contributed by atoms with Crippen LogP contribution in [0.15, 0.2) is 11.6 Å². The second-order valence-electron chi connectivity index (χ2n) is 5.41. The van der Waals surface area contributed by atoms with Crippen molar-refractivity contribution < 1.29 is 14.7 Å². The molecule has 0 aliphatic heterocycles. The molecule has 0 spiro atoms. The van der Waals surface area contributed by atoms with Gasteiger partial charge in [0.25, 0.3) is 0 Å². The number of hydrogen-bond acceptors (Lipinski definition) is 2. The number of allylic oxidation sites excluding steroid dienone is 2. The van der Waals surface area contributed by atoms with Crippen LogP contribution in [0, 0.1) is 0 Å². The van der Waals surface area contributed by atoms with E-state index >= 15 is 0 Å². The van der Waals surface area contributed by atoms with Crippen molar-refractivity contribution in [3.63, 3.8) is 0 Å². The van der Waals surface area contributed by atoms with Gasteiger partial charge in [0.2, 0.25) is 0 Å². The average molecular weight is 266 g/mol. The molecular formula is C16H26O3. The molecule has 0 fully saturated rings. The predicted molar refractivity (Wildman–Crippen MR) is 76.1 cm³/mol. The predicted octanol–water partition coefficient (Wildman–Crippen LogP) is 4.26. The summed E-state index contributed by atoms with van der Waals surface area (Å²) >= 11 is 0. The minimum atomic E-state index is -0.684. The van der Waals surface area contributed by atoms with Gasteiger partial charge in [-0.25, -0.2) is 0 Å². The summed E-state index contributed by atoms with van der Waals surface area (Å²) in [6.07, 6.45) is 14.1. The number of carbonyl (C=O) groups excluding carboxylic acids is 1. The fourth-order valence-electron chi connectivity index (χ4n) is 2.55. The van der Waals surface area contributed by atoms with E-state index in [-0.39, 0.29) is 0 Å². The molecule has 1 rings (SSSR count). The van der Waals surface area contributed by atoms with E-state index in [1.165, 1.54) is 25.7 Å². The Bertz CT molecular complexity index is 318. The topological polar surface area (TPSA) is 54.4 Å². The number of carboxylic acid groups (broad SMARTS) is 1. The maximum Gasteiger partial charge on any atom is 0.303 e. The van der Waals surface area contributed by atoms with Crippen molar-refractivity contribution in [1.29, 1.82) is 0 Å². The highest BCUT2D eigenvalue weighted by atomic mass is 16.4. The lowest BCUT2D eigenvalue weighted by atomic mass is 10.0. The number of Topliss-reactive ketones (excluding diaryl/α,β-unsaturated/α-hetero) is 1. The molecule has 0 bridgehead atoms. The zero-order valence-electron chi connectivity index (χ0n) is 11.8. The van der Waals surface area contributed by atoms with Gasteiger partial charge in [-0.1, -0.05) is 44.6 Å². The van der Waals surface area contributed by atoms with Crippen LogP contribution in [0.25, 0.3) is 0 Å². The number of ketones is 1. The highest BCUT2D eigenvalue weighted by molar-refractivity contribution is 5.97. The highest BCUT2D eigenvalue weighted by Gasteiger charge is 2.13. The lowest BCUT2D eigenvalue weighted by Crippen LogP contribution is -1.95. The molecular weight excluding hydrogens is 240 g/mol. The molecule has 0 aromatic rings. The molecule has 0 unspecified atom stereocenters. The Kier molecular flexibility index (Phi) is 8.19. The van der Waals surface area contributed by atoms with E-state index in [9.17, 15) is 9.59 Å². The van der Waals surface area contributed by atoms with E-state index < -0.39 is 5.97 Å². The van der Waals surface area contributed by atoms with Crippen LogP contribution in [0.2, 0.25) is 0 Å². The van der Waals surface area contributed by atoms with E-state index in [1.54, 1.807) is 0 Å². The van der Waals surface area contributed by atoms with Gasteiger partial charge in [0.15, 0.2) is 5.78 Å². The molecule has 0 heterocycles. The molecule has 0 amide bonds. The van der Waals surface area contributed by atoms with Crippen molar-refractivity contribution in [3.8, 4) is 0 Å². The number of carbonyl (C=O) groups is 2. The first-order chi connectivity index (χ1) is 9.20. The van der Waals surface area contributed by atoms with Crippen LogP contribution in [0.1, 0.15) is 77.0 Å². The van der Waals surface area contributed by atoms with E-state index in [0.29, 0.717) is 12.2 Å². The minimum Gasteiger partial charge on any atom is -0.481 e. The van der Waals surface area contributed by atoms with Crippen LogP contribution in [-0.4, -0.2) is 16.9 Å². The van der Waals surface area contributed by atoms with Gasteiger partial charge in [0.05, 0.1) is 0 Å². The van der Waals surface area contributed by atoms with E-state index in [1.807, 2.05) is 0 Å². The summed E-state index contributed by atoms with van der Waals surface area (Å²) in [4.78, 5) is 21.7. The summed E-state index contributed by atoms with van der Waals surface area (Å²) in [5, 5.41) is 8.49. The number of aliphatic carboxylic acids is 1. The Balaban J connectivity index is 1.81. The number of rotatable bonds is 11. The Morgan fingerprint density at radius 2 is 1.58 bits per heavy atom. The van der Waals surface area contributed by atoms with Crippen molar-refractivity contribution in [2.45, 2.75) is 77.0 Å². The standard InChI is InChI=1S/C16H26O3/c17-15-12-9-11-14(15)10-7-5-3-1-2-4-6-8-13-16(18)19/h11H,1-10,12-13H2,(H,18,19). The molecule has 108 valence electrons. The molecule has 0 saturated heterocycles. The van der Waals surface area contributed by atoms with Gasteiger partial charge in [-0.15, -0.1) is 0 Å². The summed E-state index contributed by atoms with van der Waals surface area (Å²) in [6.45, 7) is 0. The molecule has 0 aromatic carbocycles. The average Bonchev–Trinajstić information content (AvgIpc) is 2.77. The number of carboxylic acids is 1. The zero-order valence-corrected chi connectivity index (χ0v) is 11.8. The molecule has 0 aromatic heterocycles. The van der Waals surface area contributed by atoms with Gasteiger partial charge in [-0.2, -0.15) is 0 Å². The monoisotopic (exact) mass is 266 g/mol. The molecule has 3 heteroatoms. The summed E-state index contributed by atoms with van der Waals surface area (Å²) < 4.78 is 0. The maximum atomic E-state index is 11.4. The summed E-state index contributed by atoms with van der Waals surface area (Å²) in [5.41, 5.74) is 1.06. The van der Waals surface area contributed by atoms with Gasteiger partial charge in [0, 0.05) is 12.8 Å². The molecule has 1 aliphatic carbocycles. The van der Waals surface area contributed by atoms with Crippen molar-refractivity contribution in [3.05, 3.63) is 11.6 Å². The minimum absolute atomic E-state index is 0.309. The van der Waals surface area contributed by atoms with Gasteiger partial charge in [0.1, 0.15) is 0 Å². The normalized spacial score (nSPS) is 14.7. The lowest BCUT2D eigenvalue weighted by molar-refractivity contribution is -0.137. The van der Waals surface area contributed by atoms with Crippen LogP contribution in [0.3, 0.4) is 0 Å². The van der Waals surface area contributed by atoms with E-state index in [0.717, 1.165) is 50.5 Å². The lowest BCUT2D eigenvalue weighted by Gasteiger charge is -2.02. The van der Waals surface area contributed by atoms with Gasteiger partial charge < -0.3 is 5.11 Å². The van der Waals surface area contributed by atoms with Gasteiger partial charge >= 0.3 is 5.97 Å². The fourth-order valence-corrected chi connectivity index (χ4v) is 2.55. The number of hydrogen-bond donors (Lipinski definition) is 1. The Morgan fingerprint density at radius 1 is 1.00 bits per heavy atom. The Morgan fingerprint density at radius 3 is 2.11 bits per heavy atom. The molecule has 3 nitrogen and oxygen atoms in total. The third-order valence-corrected chi connectivity index (χ3v) is 3.71. The molecule has 0 atom stereocenters. The summed E-state index contributed by atoms with van der Waals surface area (Å²) in [5.74, 6) is -0.325. The van der Waals surface area contributed by atoms with Crippen LogP contribution in [0.4, 0.5) is 0 Å². The molecule has 1 aliphatic rings. The third-order valence-electron chi connectivity index (χ3n) is 3.71. The van der Waals surface area contributed by atoms with Crippen LogP contribution >= 0.6 is 0 Å². The second kappa shape index (κ2) is 9.76. The largest absolute Gasteiger partial charge is 0.481 e. The van der Waals surface area contributed by atoms with Gasteiger partial charge in [-0.05, 0) is 31.3 Å². The molecule has 19 heavy (non-hydrogen) atoms. The Hall–Kier alpha value is -1.12. The van der Waals surface area contributed by atoms with Crippen LogP contribution in [0.5, 0.6) is 0 Å². The van der Waals surface area contributed by atoms with Gasteiger partial charge in [-0.3, -0.25) is 9.59 Å². The van der Waals surface area contributed by atoms with Crippen LogP contribution in [-0.2, 0) is 9.59 Å². The third kappa shape index (κ3) is 7.81. The summed E-state index contributed by atoms with van der Waals surface area (Å²) in [7, 11) is 0. The first kappa shape index (κ1) is 15.9. The van der Waals surface area contributed by atoms with Crippen molar-refractivity contribution in [2.24, 2.45) is 0 Å². The molecule has 1 N–H and O–H groups in total. The fraction of sp³-hybridized carbons (Fsp3) is 0.750. The SMILES string of the molecule is O=C(O)CCCCCCCCCCC1=CCCC1=O. The van der Waals surface area contributed by atoms with Crippen molar-refractivity contribution >= 4 is 11.8 Å². The summed E-state index contributed by atoms with van der Waals surface area (Å²) in [6, 6.07) is 0. The van der Waals surface area contributed by atoms with E-state index in [4.69, 9.17) is 5.11 Å². The van der Waals surface area contributed by atoms with E-state index in [2.05, 4.69) is 6.08 Å². The smallest absolute Gasteiger partial charge is 0.303 e. The maximum absolute atomic E-state index is 11.4. The molecule has 0 radical (unpaired) electrons. The second-order valence-corrected chi connectivity index (χ2v) is 5.41. The highest BCUT2D eigenvalue weighted by Crippen LogP contribution is 2.20. The number of unbranched alkanes of at least 4 members (excludes halogenated alkanes) is 7. The quantitative estimate of drug-likeness (QED) is 0.568. The van der Waals surface area contributed by atoms with Crippen molar-refractivity contribution in [2.75, 3.05) is 0 Å². The molecule has 0 saturated carbocycles.